The van der Waals surface area contributed by atoms with E-state index in [0.717, 1.165) is 5.69 Å². The van der Waals surface area contributed by atoms with Gasteiger partial charge in [-0.05, 0) is 46.8 Å². The minimum atomic E-state index is 1.15. The Hall–Kier alpha value is -4.92. The van der Waals surface area contributed by atoms with E-state index in [1.807, 2.05) is 11.3 Å². The Labute approximate surface area is 237 Å². The molecule has 8 aromatic rings. The Morgan fingerprint density at radius 3 is 1.90 bits per heavy atom. The lowest BCUT2D eigenvalue weighted by molar-refractivity contribution is 1.32. The van der Waals surface area contributed by atoms with Crippen molar-refractivity contribution in [1.29, 1.82) is 0 Å². The van der Waals surface area contributed by atoms with Gasteiger partial charge in [0.1, 0.15) is 0 Å². The molecule has 0 radical (unpaired) electrons. The molecule has 0 saturated heterocycles. The van der Waals surface area contributed by atoms with E-state index in [0.29, 0.717) is 0 Å². The molecule has 188 valence electrons. The van der Waals surface area contributed by atoms with E-state index in [4.69, 9.17) is 0 Å². The third-order valence-electron chi connectivity index (χ3n) is 7.83. The first-order valence-corrected chi connectivity index (χ1v) is 14.4. The van der Waals surface area contributed by atoms with Gasteiger partial charge in [-0.15, -0.1) is 11.3 Å². The summed E-state index contributed by atoms with van der Waals surface area (Å²) in [6, 6.07) is 54.9. The van der Waals surface area contributed by atoms with Gasteiger partial charge in [-0.1, -0.05) is 121 Å². The van der Waals surface area contributed by atoms with Crippen LogP contribution in [0.25, 0.3) is 52.8 Å². The molecule has 1 nitrogen and oxygen atoms in total. The highest BCUT2D eigenvalue weighted by molar-refractivity contribution is 7.26. The Balaban J connectivity index is 1.45. The highest BCUT2D eigenvalue weighted by Crippen LogP contribution is 2.47. The van der Waals surface area contributed by atoms with Crippen molar-refractivity contribution in [1.82, 2.24) is 0 Å². The van der Waals surface area contributed by atoms with Crippen LogP contribution in [0.4, 0.5) is 17.1 Å². The molecule has 7 aromatic carbocycles. The largest absolute Gasteiger partial charge is 0.309 e. The molecule has 0 aliphatic rings. The summed E-state index contributed by atoms with van der Waals surface area (Å²) in [4.78, 5) is 2.44. The van der Waals surface area contributed by atoms with Gasteiger partial charge in [0.05, 0.1) is 11.4 Å². The molecule has 0 saturated carbocycles. The number of benzene rings is 7. The molecule has 0 unspecified atom stereocenters. The fraction of sp³-hybridized carbons (Fsp3) is 0. The highest BCUT2D eigenvalue weighted by Gasteiger charge is 2.20. The van der Waals surface area contributed by atoms with E-state index in [9.17, 15) is 0 Å². The molecule has 0 aliphatic carbocycles. The number of thiophene rings is 1. The van der Waals surface area contributed by atoms with Crippen molar-refractivity contribution in [2.75, 3.05) is 4.90 Å². The number of rotatable bonds is 4. The molecule has 2 heteroatoms. The van der Waals surface area contributed by atoms with Gasteiger partial charge >= 0.3 is 0 Å². The van der Waals surface area contributed by atoms with Crippen molar-refractivity contribution in [2.45, 2.75) is 0 Å². The number of hydrogen-bond acceptors (Lipinski definition) is 2. The maximum atomic E-state index is 2.44. The van der Waals surface area contributed by atoms with Gasteiger partial charge in [0.2, 0.25) is 0 Å². The lowest BCUT2D eigenvalue weighted by Crippen LogP contribution is -2.11. The van der Waals surface area contributed by atoms with Gasteiger partial charge in [-0.2, -0.15) is 0 Å². The van der Waals surface area contributed by atoms with Gasteiger partial charge in [-0.3, -0.25) is 0 Å². The monoisotopic (exact) mass is 527 g/mol. The molecule has 0 atom stereocenters. The SMILES string of the molecule is c1ccc(-c2ccc3c(c2)sc2c4ccccc4c(N(c4ccccc4)c4cccc5ccccc45)cc32)cc1. The van der Waals surface area contributed by atoms with Gasteiger partial charge in [-0.25, -0.2) is 0 Å². The van der Waals surface area contributed by atoms with Crippen molar-refractivity contribution < 1.29 is 0 Å². The van der Waals surface area contributed by atoms with Crippen LogP contribution in [0.1, 0.15) is 0 Å². The summed E-state index contributed by atoms with van der Waals surface area (Å²) < 4.78 is 2.65. The molecule has 1 heterocycles. The quantitative estimate of drug-likeness (QED) is 0.220. The molecule has 40 heavy (non-hydrogen) atoms. The molecule has 0 amide bonds. The normalized spacial score (nSPS) is 11.5. The van der Waals surface area contributed by atoms with Crippen LogP contribution in [-0.2, 0) is 0 Å². The van der Waals surface area contributed by atoms with Crippen LogP contribution in [0.2, 0.25) is 0 Å². The molecular weight excluding hydrogens is 502 g/mol. The minimum Gasteiger partial charge on any atom is -0.309 e. The zero-order chi connectivity index (χ0) is 26.5. The lowest BCUT2D eigenvalue weighted by atomic mass is 10.00. The molecule has 0 fully saturated rings. The number of para-hydroxylation sites is 1. The van der Waals surface area contributed by atoms with Crippen molar-refractivity contribution >= 4 is 70.1 Å². The van der Waals surface area contributed by atoms with Crippen LogP contribution in [0.15, 0.2) is 152 Å². The fourth-order valence-electron chi connectivity index (χ4n) is 5.96. The van der Waals surface area contributed by atoms with Crippen molar-refractivity contribution in [2.24, 2.45) is 0 Å². The minimum absolute atomic E-state index is 1.15. The van der Waals surface area contributed by atoms with Crippen LogP contribution in [0, 0.1) is 0 Å². The molecule has 0 spiro atoms. The van der Waals surface area contributed by atoms with Crippen LogP contribution in [-0.4, -0.2) is 0 Å². The average molecular weight is 528 g/mol. The number of hydrogen-bond donors (Lipinski definition) is 0. The summed E-state index contributed by atoms with van der Waals surface area (Å²) in [6.45, 7) is 0. The van der Waals surface area contributed by atoms with Gasteiger partial charge in [0, 0.05) is 42.0 Å². The van der Waals surface area contributed by atoms with E-state index >= 15 is 0 Å². The van der Waals surface area contributed by atoms with E-state index in [2.05, 4.69) is 157 Å². The third-order valence-corrected chi connectivity index (χ3v) is 9.03. The lowest BCUT2D eigenvalue weighted by Gasteiger charge is -2.28. The maximum absolute atomic E-state index is 2.44. The zero-order valence-corrected chi connectivity index (χ0v) is 22.6. The van der Waals surface area contributed by atoms with Gasteiger partial charge < -0.3 is 4.90 Å². The Bertz CT molecular complexity index is 2150. The standard InChI is InChI=1S/C38H25NS/c1-3-12-26(13-4-1)28-22-23-32-34-25-36(31-19-9-10-20-33(31)38(34)40-37(32)24-28)39(29-16-5-2-6-17-29)35-21-11-15-27-14-7-8-18-30(27)35/h1-25H. The molecule has 8 rings (SSSR count). The van der Waals surface area contributed by atoms with Crippen LogP contribution in [0.5, 0.6) is 0 Å². The summed E-state index contributed by atoms with van der Waals surface area (Å²) in [7, 11) is 0. The Morgan fingerprint density at radius 2 is 1.07 bits per heavy atom. The summed E-state index contributed by atoms with van der Waals surface area (Å²) in [5, 5.41) is 7.62. The second kappa shape index (κ2) is 9.37. The van der Waals surface area contributed by atoms with E-state index in [1.165, 1.54) is 64.2 Å². The fourth-order valence-corrected chi connectivity index (χ4v) is 7.22. The molecule has 0 bridgehead atoms. The number of fused-ring (bicyclic) bond motifs is 6. The topological polar surface area (TPSA) is 3.24 Å². The summed E-state index contributed by atoms with van der Waals surface area (Å²) >= 11 is 1.90. The Kier molecular flexibility index (Phi) is 5.39. The maximum Gasteiger partial charge on any atom is 0.0547 e. The first-order chi connectivity index (χ1) is 19.8. The van der Waals surface area contributed by atoms with Crippen LogP contribution < -0.4 is 4.90 Å². The van der Waals surface area contributed by atoms with Crippen molar-refractivity contribution in [3.8, 4) is 11.1 Å². The molecule has 1 aromatic heterocycles. The molecule has 0 N–H and O–H groups in total. The molecular formula is C38H25NS. The Morgan fingerprint density at radius 1 is 0.400 bits per heavy atom. The predicted molar refractivity (Wildman–Crippen MR) is 174 cm³/mol. The summed E-state index contributed by atoms with van der Waals surface area (Å²) in [5.74, 6) is 0. The predicted octanol–water partition coefficient (Wildman–Crippen LogP) is 11.5. The van der Waals surface area contributed by atoms with Crippen molar-refractivity contribution in [3.63, 3.8) is 0 Å². The first kappa shape index (κ1) is 23.0. The van der Waals surface area contributed by atoms with Gasteiger partial charge in [0.25, 0.3) is 0 Å². The average Bonchev–Trinajstić information content (AvgIpc) is 3.40. The third kappa shape index (κ3) is 3.69. The highest BCUT2D eigenvalue weighted by atomic mass is 32.1. The number of anilines is 3. The van der Waals surface area contributed by atoms with Gasteiger partial charge in [0.15, 0.2) is 0 Å². The number of nitrogens with zero attached hydrogens (tertiary/aromatic N) is 1. The second-order valence-corrected chi connectivity index (χ2v) is 11.2. The summed E-state index contributed by atoms with van der Waals surface area (Å²) in [5.41, 5.74) is 6.02. The first-order valence-electron chi connectivity index (χ1n) is 13.6. The van der Waals surface area contributed by atoms with E-state index in [-0.39, 0.29) is 0 Å². The van der Waals surface area contributed by atoms with Crippen LogP contribution >= 0.6 is 11.3 Å². The summed E-state index contributed by atoms with van der Waals surface area (Å²) in [6.07, 6.45) is 0. The smallest absolute Gasteiger partial charge is 0.0547 e. The van der Waals surface area contributed by atoms with Crippen molar-refractivity contribution in [3.05, 3.63) is 152 Å². The van der Waals surface area contributed by atoms with E-state index in [1.54, 1.807) is 0 Å². The second-order valence-electron chi connectivity index (χ2n) is 10.2. The molecule has 0 aliphatic heterocycles. The van der Waals surface area contributed by atoms with Crippen LogP contribution in [0.3, 0.4) is 0 Å². The zero-order valence-electron chi connectivity index (χ0n) is 21.8. The van der Waals surface area contributed by atoms with E-state index < -0.39 is 0 Å².